The summed E-state index contributed by atoms with van der Waals surface area (Å²) in [6.07, 6.45) is 2.62. The largest absolute Gasteiger partial charge is 0.478 e. The molecule has 0 aliphatic heterocycles. The minimum Gasteiger partial charge on any atom is -0.478 e. The van der Waals surface area contributed by atoms with Gasteiger partial charge in [-0.1, -0.05) is 17.7 Å². The first-order valence-electron chi connectivity index (χ1n) is 4.59. The van der Waals surface area contributed by atoms with Crippen LogP contribution in [0, 0.1) is 6.92 Å². The molecule has 0 aromatic heterocycles. The smallest absolute Gasteiger partial charge is 0.328 e. The molecule has 16 heavy (non-hydrogen) atoms. The number of aryl methyl sites for hydroxylation is 1. The van der Waals surface area contributed by atoms with Gasteiger partial charge in [-0.2, -0.15) is 0 Å². The molecule has 0 aliphatic rings. The molecule has 86 valence electrons. The van der Waals surface area contributed by atoms with Crippen LogP contribution >= 0.6 is 27.5 Å². The number of benzene rings is 1. The Kier molecular flexibility index (Phi) is 4.83. The number of rotatable bonds is 4. The fourth-order valence-electron chi connectivity index (χ4n) is 1.11. The highest BCUT2D eigenvalue weighted by Crippen LogP contribution is 2.28. The van der Waals surface area contributed by atoms with Crippen molar-refractivity contribution in [1.82, 2.24) is 0 Å². The summed E-state index contributed by atoms with van der Waals surface area (Å²) in [5.74, 6) is -0.956. The first-order chi connectivity index (χ1) is 7.50. The number of aliphatic carboxylic acids is 1. The standard InChI is InChI=1S/C11H11BrClNO2/c1-7-5-8(12)10(6-9(7)13)14-4-2-3-11(15)16/h2-3,5-6,14H,4H2,1H3,(H,15,16)/b3-2+. The molecule has 0 saturated carbocycles. The number of anilines is 1. The molecule has 0 amide bonds. The normalized spacial score (nSPS) is 10.7. The fraction of sp³-hybridized carbons (Fsp3) is 0.182. The Balaban J connectivity index is 2.67. The maximum absolute atomic E-state index is 10.2. The van der Waals surface area contributed by atoms with Crippen LogP contribution in [0.25, 0.3) is 0 Å². The molecular formula is C11H11BrClNO2. The highest BCUT2D eigenvalue weighted by Gasteiger charge is 2.02. The first-order valence-corrected chi connectivity index (χ1v) is 5.77. The van der Waals surface area contributed by atoms with Crippen LogP contribution in [0.4, 0.5) is 5.69 Å². The van der Waals surface area contributed by atoms with Gasteiger partial charge in [0.05, 0.1) is 5.69 Å². The van der Waals surface area contributed by atoms with Gasteiger partial charge in [0.1, 0.15) is 0 Å². The molecule has 0 spiro atoms. The average Bonchev–Trinajstić information content (AvgIpc) is 2.19. The summed E-state index contributed by atoms with van der Waals surface area (Å²) in [5.41, 5.74) is 1.82. The van der Waals surface area contributed by atoms with Gasteiger partial charge in [-0.15, -0.1) is 0 Å². The monoisotopic (exact) mass is 303 g/mol. The molecule has 0 bridgehead atoms. The average molecular weight is 305 g/mol. The molecule has 0 unspecified atom stereocenters. The summed E-state index contributed by atoms with van der Waals surface area (Å²) >= 11 is 9.38. The van der Waals surface area contributed by atoms with E-state index in [1.54, 1.807) is 6.07 Å². The van der Waals surface area contributed by atoms with Crippen LogP contribution < -0.4 is 5.32 Å². The summed E-state index contributed by atoms with van der Waals surface area (Å²) in [6, 6.07) is 3.71. The first kappa shape index (κ1) is 13.1. The second-order valence-corrected chi connectivity index (χ2v) is 4.46. The second-order valence-electron chi connectivity index (χ2n) is 3.20. The van der Waals surface area contributed by atoms with E-state index < -0.39 is 5.97 Å². The predicted octanol–water partition coefficient (Wildman–Crippen LogP) is 3.46. The molecule has 1 aromatic rings. The van der Waals surface area contributed by atoms with E-state index in [9.17, 15) is 4.79 Å². The third kappa shape index (κ3) is 3.87. The van der Waals surface area contributed by atoms with E-state index in [2.05, 4.69) is 21.2 Å². The zero-order valence-electron chi connectivity index (χ0n) is 8.63. The van der Waals surface area contributed by atoms with Gasteiger partial charge in [0.2, 0.25) is 0 Å². The van der Waals surface area contributed by atoms with E-state index >= 15 is 0 Å². The molecule has 0 aliphatic carbocycles. The molecule has 0 atom stereocenters. The Bertz CT molecular complexity index is 432. The van der Waals surface area contributed by atoms with Gasteiger partial charge >= 0.3 is 5.97 Å². The highest BCUT2D eigenvalue weighted by molar-refractivity contribution is 9.10. The van der Waals surface area contributed by atoms with Gasteiger partial charge in [-0.25, -0.2) is 4.79 Å². The van der Waals surface area contributed by atoms with Crippen LogP contribution in [-0.4, -0.2) is 17.6 Å². The van der Waals surface area contributed by atoms with E-state index in [0.717, 1.165) is 21.8 Å². The van der Waals surface area contributed by atoms with Gasteiger partial charge in [0.15, 0.2) is 0 Å². The van der Waals surface area contributed by atoms with E-state index in [4.69, 9.17) is 16.7 Å². The maximum Gasteiger partial charge on any atom is 0.328 e. The SMILES string of the molecule is Cc1cc(Br)c(NC/C=C/C(=O)O)cc1Cl. The number of hydrogen-bond donors (Lipinski definition) is 2. The lowest BCUT2D eigenvalue weighted by molar-refractivity contribution is -0.131. The fourth-order valence-corrected chi connectivity index (χ4v) is 1.87. The third-order valence-corrected chi connectivity index (χ3v) is 2.98. The molecule has 1 rings (SSSR count). The molecule has 0 heterocycles. The van der Waals surface area contributed by atoms with Crippen molar-refractivity contribution in [2.24, 2.45) is 0 Å². The molecule has 3 nitrogen and oxygen atoms in total. The van der Waals surface area contributed by atoms with E-state index in [1.165, 1.54) is 6.08 Å². The summed E-state index contributed by atoms with van der Waals surface area (Å²) in [7, 11) is 0. The topological polar surface area (TPSA) is 49.3 Å². The Labute approximate surface area is 107 Å². The quantitative estimate of drug-likeness (QED) is 0.838. The van der Waals surface area contributed by atoms with Gasteiger partial charge in [0, 0.05) is 22.1 Å². The van der Waals surface area contributed by atoms with Crippen molar-refractivity contribution in [3.8, 4) is 0 Å². The number of carboxylic acid groups (broad SMARTS) is 1. The number of carboxylic acids is 1. The Hall–Kier alpha value is -1.00. The summed E-state index contributed by atoms with van der Waals surface area (Å²) in [5, 5.41) is 12.1. The zero-order chi connectivity index (χ0) is 12.1. The zero-order valence-corrected chi connectivity index (χ0v) is 11.0. The Morgan fingerprint density at radius 1 is 1.62 bits per heavy atom. The molecule has 2 N–H and O–H groups in total. The van der Waals surface area contributed by atoms with Crippen molar-refractivity contribution in [2.75, 3.05) is 11.9 Å². The summed E-state index contributed by atoms with van der Waals surface area (Å²) < 4.78 is 0.901. The van der Waals surface area contributed by atoms with Crippen molar-refractivity contribution >= 4 is 39.2 Å². The van der Waals surface area contributed by atoms with Crippen LogP contribution in [0.2, 0.25) is 5.02 Å². The maximum atomic E-state index is 10.2. The Morgan fingerprint density at radius 2 is 2.31 bits per heavy atom. The minimum absolute atomic E-state index is 0.435. The molecule has 1 aromatic carbocycles. The molecule has 0 radical (unpaired) electrons. The number of nitrogens with one attached hydrogen (secondary N) is 1. The number of hydrogen-bond acceptors (Lipinski definition) is 2. The van der Waals surface area contributed by atoms with Crippen LogP contribution in [0.15, 0.2) is 28.8 Å². The number of carbonyl (C=O) groups is 1. The van der Waals surface area contributed by atoms with Crippen LogP contribution in [0.3, 0.4) is 0 Å². The van der Waals surface area contributed by atoms with Gasteiger partial charge in [-0.05, 0) is 40.5 Å². The molecule has 0 saturated heterocycles. The molecule has 5 heteroatoms. The third-order valence-electron chi connectivity index (χ3n) is 1.92. The van der Waals surface area contributed by atoms with Gasteiger partial charge in [-0.3, -0.25) is 0 Å². The Morgan fingerprint density at radius 3 is 2.94 bits per heavy atom. The van der Waals surface area contributed by atoms with Gasteiger partial charge < -0.3 is 10.4 Å². The molecule has 0 fully saturated rings. The highest BCUT2D eigenvalue weighted by atomic mass is 79.9. The van der Waals surface area contributed by atoms with Crippen LogP contribution in [0.5, 0.6) is 0 Å². The number of halogens is 2. The lowest BCUT2D eigenvalue weighted by Gasteiger charge is -2.08. The van der Waals surface area contributed by atoms with Crippen molar-refractivity contribution in [1.29, 1.82) is 0 Å². The summed E-state index contributed by atoms with van der Waals surface area (Å²) in [4.78, 5) is 10.2. The van der Waals surface area contributed by atoms with Crippen molar-refractivity contribution in [3.05, 3.63) is 39.3 Å². The van der Waals surface area contributed by atoms with Crippen molar-refractivity contribution in [3.63, 3.8) is 0 Å². The van der Waals surface area contributed by atoms with E-state index in [1.807, 2.05) is 13.0 Å². The minimum atomic E-state index is -0.956. The second kappa shape index (κ2) is 5.92. The van der Waals surface area contributed by atoms with Gasteiger partial charge in [0.25, 0.3) is 0 Å². The van der Waals surface area contributed by atoms with Crippen LogP contribution in [0.1, 0.15) is 5.56 Å². The van der Waals surface area contributed by atoms with Crippen LogP contribution in [-0.2, 0) is 4.79 Å². The molecular weight excluding hydrogens is 293 g/mol. The lowest BCUT2D eigenvalue weighted by Crippen LogP contribution is -2.00. The van der Waals surface area contributed by atoms with E-state index in [0.29, 0.717) is 11.6 Å². The summed E-state index contributed by atoms with van der Waals surface area (Å²) in [6.45, 7) is 2.35. The van der Waals surface area contributed by atoms with E-state index in [-0.39, 0.29) is 0 Å². The lowest BCUT2D eigenvalue weighted by atomic mass is 10.2. The predicted molar refractivity (Wildman–Crippen MR) is 69.2 cm³/mol. The van der Waals surface area contributed by atoms with Crippen molar-refractivity contribution in [2.45, 2.75) is 6.92 Å². The van der Waals surface area contributed by atoms with Crippen molar-refractivity contribution < 1.29 is 9.90 Å².